The number of fused-ring (bicyclic) bond motifs is 1. The fraction of sp³-hybridized carbons (Fsp3) is 0.667. The Bertz CT molecular complexity index is 742. The van der Waals surface area contributed by atoms with Crippen LogP contribution in [0.3, 0.4) is 0 Å². The minimum Gasteiger partial charge on any atom is -0.462 e. The van der Waals surface area contributed by atoms with Crippen LogP contribution >= 0.6 is 15.9 Å². The highest BCUT2D eigenvalue weighted by Crippen LogP contribution is 2.60. The average Bonchev–Trinajstić information content (AvgIpc) is 2.63. The highest BCUT2D eigenvalue weighted by molar-refractivity contribution is 9.10. The van der Waals surface area contributed by atoms with Gasteiger partial charge in [-0.05, 0) is 73.1 Å². The largest absolute Gasteiger partial charge is 0.462 e. The summed E-state index contributed by atoms with van der Waals surface area (Å²) in [5.41, 5.74) is 0.946. The molecule has 0 amide bonds. The second kappa shape index (κ2) is 8.79. The summed E-state index contributed by atoms with van der Waals surface area (Å²) in [4.78, 5) is 24.1. The van der Waals surface area contributed by atoms with E-state index in [0.29, 0.717) is 23.5 Å². The Hall–Kier alpha value is -1.36. The van der Waals surface area contributed by atoms with E-state index < -0.39 is 0 Å². The second-order valence-corrected chi connectivity index (χ2v) is 10.6. The molecular weight excluding hydrogens is 432 g/mol. The molecule has 0 heterocycles. The van der Waals surface area contributed by atoms with Crippen molar-refractivity contribution in [3.63, 3.8) is 0 Å². The molecule has 160 valence electrons. The van der Waals surface area contributed by atoms with Crippen LogP contribution in [0, 0.1) is 22.7 Å². The van der Waals surface area contributed by atoms with Crippen LogP contribution < -0.4 is 0 Å². The molecule has 0 saturated heterocycles. The Kier molecular flexibility index (Phi) is 6.77. The number of ether oxygens (including phenoxy) is 2. The van der Waals surface area contributed by atoms with Gasteiger partial charge in [-0.3, -0.25) is 4.79 Å². The Balaban J connectivity index is 1.72. The monoisotopic (exact) mass is 464 g/mol. The molecular formula is C24H33BrO4. The van der Waals surface area contributed by atoms with Crippen LogP contribution in [0.15, 0.2) is 28.7 Å². The molecule has 0 radical (unpaired) electrons. The van der Waals surface area contributed by atoms with E-state index in [9.17, 15) is 9.59 Å². The number of halogens is 1. The van der Waals surface area contributed by atoms with Gasteiger partial charge in [0.1, 0.15) is 6.10 Å². The third-order valence-corrected chi connectivity index (χ3v) is 7.90. The van der Waals surface area contributed by atoms with E-state index in [1.165, 1.54) is 19.8 Å². The molecule has 2 aliphatic rings. The van der Waals surface area contributed by atoms with E-state index >= 15 is 0 Å². The van der Waals surface area contributed by atoms with Crippen molar-refractivity contribution in [1.29, 1.82) is 0 Å². The number of hydrogen-bond acceptors (Lipinski definition) is 4. The molecule has 0 unspecified atom stereocenters. The molecule has 3 rings (SSSR count). The van der Waals surface area contributed by atoms with E-state index in [1.807, 2.05) is 12.1 Å². The van der Waals surface area contributed by atoms with E-state index in [4.69, 9.17) is 9.47 Å². The number of esters is 2. The van der Waals surface area contributed by atoms with Gasteiger partial charge in [-0.1, -0.05) is 43.1 Å². The minimum absolute atomic E-state index is 0.0889. The van der Waals surface area contributed by atoms with E-state index in [1.54, 1.807) is 12.1 Å². The number of benzene rings is 1. The molecule has 2 saturated carbocycles. The first-order valence-electron chi connectivity index (χ1n) is 10.7. The van der Waals surface area contributed by atoms with Crippen molar-refractivity contribution in [3.8, 4) is 0 Å². The summed E-state index contributed by atoms with van der Waals surface area (Å²) in [5.74, 6) is 0.289. The first kappa shape index (κ1) is 22.3. The molecule has 5 heteroatoms. The molecule has 4 atom stereocenters. The Labute approximate surface area is 182 Å². The predicted octanol–water partition coefficient (Wildman–Crippen LogP) is 6.17. The molecule has 0 aromatic heterocycles. The maximum Gasteiger partial charge on any atom is 0.338 e. The average molecular weight is 465 g/mol. The van der Waals surface area contributed by atoms with Crippen LogP contribution in [0.2, 0.25) is 0 Å². The molecule has 29 heavy (non-hydrogen) atoms. The van der Waals surface area contributed by atoms with Gasteiger partial charge in [-0.15, -0.1) is 0 Å². The van der Waals surface area contributed by atoms with Crippen molar-refractivity contribution in [2.75, 3.05) is 6.61 Å². The standard InChI is InChI=1S/C24H33BrO4/c1-16(26)29-20-10-11-21-23(2,3)13-5-14-24(21,4)19(20)12-15-28-22(27)17-6-8-18(25)9-7-17/h6-9,19-21H,5,10-15H2,1-4H3/t19-,20+,21-,24+/m0/s1. The molecule has 0 spiro atoms. The summed E-state index contributed by atoms with van der Waals surface area (Å²) in [6.45, 7) is 8.97. The third-order valence-electron chi connectivity index (χ3n) is 7.37. The lowest BCUT2D eigenvalue weighted by molar-refractivity contribution is -0.171. The normalized spacial score (nSPS) is 30.9. The molecule has 0 N–H and O–H groups in total. The molecule has 2 fully saturated rings. The molecule has 0 bridgehead atoms. The number of carbonyl (C=O) groups excluding carboxylic acids is 2. The zero-order valence-corrected chi connectivity index (χ0v) is 19.6. The lowest BCUT2D eigenvalue weighted by Gasteiger charge is -2.59. The zero-order chi connectivity index (χ0) is 21.2. The summed E-state index contributed by atoms with van der Waals surface area (Å²) < 4.78 is 12.3. The van der Waals surface area contributed by atoms with Crippen molar-refractivity contribution < 1.29 is 19.1 Å². The SMILES string of the molecule is CC(=O)O[C@@H]1CC[C@H]2C(C)(C)CCC[C@]2(C)[C@H]1CCOC(=O)c1ccc(Br)cc1. The highest BCUT2D eigenvalue weighted by atomic mass is 79.9. The van der Waals surface area contributed by atoms with Gasteiger partial charge in [0.15, 0.2) is 0 Å². The summed E-state index contributed by atoms with van der Waals surface area (Å²) >= 11 is 3.38. The zero-order valence-electron chi connectivity index (χ0n) is 18.0. The molecule has 1 aromatic rings. The van der Waals surface area contributed by atoms with Gasteiger partial charge in [0.25, 0.3) is 0 Å². The van der Waals surface area contributed by atoms with Crippen molar-refractivity contribution in [3.05, 3.63) is 34.3 Å². The van der Waals surface area contributed by atoms with Gasteiger partial charge in [-0.25, -0.2) is 4.79 Å². The van der Waals surface area contributed by atoms with Gasteiger partial charge in [0, 0.05) is 17.3 Å². The molecule has 4 nitrogen and oxygen atoms in total. The van der Waals surface area contributed by atoms with Gasteiger partial charge >= 0.3 is 11.9 Å². The third kappa shape index (κ3) is 4.87. The minimum atomic E-state index is -0.303. The summed E-state index contributed by atoms with van der Waals surface area (Å²) in [7, 11) is 0. The fourth-order valence-corrected chi connectivity index (χ4v) is 6.37. The van der Waals surface area contributed by atoms with Crippen LogP contribution in [0.4, 0.5) is 0 Å². The second-order valence-electron chi connectivity index (χ2n) is 9.66. The van der Waals surface area contributed by atoms with Crippen molar-refractivity contribution in [2.45, 2.75) is 72.3 Å². The summed E-state index contributed by atoms with van der Waals surface area (Å²) in [6.07, 6.45) is 6.21. The van der Waals surface area contributed by atoms with Crippen LogP contribution in [-0.4, -0.2) is 24.6 Å². The highest BCUT2D eigenvalue weighted by Gasteiger charge is 2.55. The van der Waals surface area contributed by atoms with Gasteiger partial charge in [0.05, 0.1) is 12.2 Å². The molecule has 0 aliphatic heterocycles. The van der Waals surface area contributed by atoms with Crippen molar-refractivity contribution >= 4 is 27.9 Å². The topological polar surface area (TPSA) is 52.6 Å². The summed E-state index contributed by atoms with van der Waals surface area (Å²) in [5, 5.41) is 0. The Morgan fingerprint density at radius 1 is 1.10 bits per heavy atom. The van der Waals surface area contributed by atoms with Crippen molar-refractivity contribution in [1.82, 2.24) is 0 Å². The van der Waals surface area contributed by atoms with Crippen LogP contribution in [-0.2, 0) is 14.3 Å². The van der Waals surface area contributed by atoms with E-state index in [0.717, 1.165) is 30.2 Å². The van der Waals surface area contributed by atoms with Gasteiger partial charge in [0.2, 0.25) is 0 Å². The maximum absolute atomic E-state index is 12.4. The lowest BCUT2D eigenvalue weighted by atomic mass is 9.47. The molecule has 2 aliphatic carbocycles. The quantitative estimate of drug-likeness (QED) is 0.488. The first-order chi connectivity index (χ1) is 13.6. The lowest BCUT2D eigenvalue weighted by Crippen LogP contribution is -2.54. The smallest absolute Gasteiger partial charge is 0.338 e. The number of hydrogen-bond donors (Lipinski definition) is 0. The van der Waals surface area contributed by atoms with Crippen LogP contribution in [0.5, 0.6) is 0 Å². The van der Waals surface area contributed by atoms with E-state index in [-0.39, 0.29) is 29.4 Å². The van der Waals surface area contributed by atoms with E-state index in [2.05, 4.69) is 36.7 Å². The Morgan fingerprint density at radius 2 is 1.79 bits per heavy atom. The first-order valence-corrected chi connectivity index (χ1v) is 11.5. The summed E-state index contributed by atoms with van der Waals surface area (Å²) in [6, 6.07) is 7.19. The van der Waals surface area contributed by atoms with Gasteiger partial charge in [-0.2, -0.15) is 0 Å². The maximum atomic E-state index is 12.4. The number of rotatable bonds is 5. The van der Waals surface area contributed by atoms with Gasteiger partial charge < -0.3 is 9.47 Å². The fourth-order valence-electron chi connectivity index (χ4n) is 6.10. The van der Waals surface area contributed by atoms with Crippen LogP contribution in [0.1, 0.15) is 76.6 Å². The Morgan fingerprint density at radius 3 is 2.45 bits per heavy atom. The molecule has 1 aromatic carbocycles. The number of carbonyl (C=O) groups is 2. The predicted molar refractivity (Wildman–Crippen MR) is 117 cm³/mol. The van der Waals surface area contributed by atoms with Crippen molar-refractivity contribution in [2.24, 2.45) is 22.7 Å². The van der Waals surface area contributed by atoms with Crippen LogP contribution in [0.25, 0.3) is 0 Å².